The highest BCUT2D eigenvalue weighted by atomic mass is 32.1. The third-order valence-corrected chi connectivity index (χ3v) is 6.55. The number of nitrogens with zero attached hydrogens (tertiary/aromatic N) is 1. The van der Waals surface area contributed by atoms with Crippen molar-refractivity contribution >= 4 is 33.1 Å². The molecule has 1 fully saturated rings. The molecule has 1 aliphatic rings. The fraction of sp³-hybridized carbons (Fsp3) is 0.364. The first-order valence-electron chi connectivity index (χ1n) is 9.82. The number of hydrogen-bond donors (Lipinski definition) is 2. The molecule has 2 atom stereocenters. The zero-order valence-corrected chi connectivity index (χ0v) is 16.5. The molecule has 1 aromatic heterocycles. The Balaban J connectivity index is 1.49. The van der Waals surface area contributed by atoms with E-state index in [2.05, 4.69) is 36.5 Å². The van der Waals surface area contributed by atoms with Gasteiger partial charge in [-0.2, -0.15) is 0 Å². The minimum Gasteiger partial charge on any atom is -0.321 e. The van der Waals surface area contributed by atoms with E-state index < -0.39 is 0 Å². The van der Waals surface area contributed by atoms with Crippen LogP contribution in [0.25, 0.3) is 10.2 Å². The van der Waals surface area contributed by atoms with Crippen LogP contribution in [0.4, 0.5) is 5.69 Å². The number of rotatable bonds is 5. The number of thiazole rings is 1. The topological polar surface area (TPSA) is 46.4 Å². The SMILES string of the molecule is CCc1ccccc1NC(=O)C[NH+]1CCCC[C@@H]1c1nc2ccccc2s1. The largest absolute Gasteiger partial charge is 0.321 e. The van der Waals surface area contributed by atoms with Gasteiger partial charge in [0, 0.05) is 12.1 Å². The van der Waals surface area contributed by atoms with Gasteiger partial charge in [-0.3, -0.25) is 4.79 Å². The van der Waals surface area contributed by atoms with Gasteiger partial charge in [0.1, 0.15) is 6.04 Å². The maximum absolute atomic E-state index is 12.7. The number of piperidine rings is 1. The number of fused-ring (bicyclic) bond motifs is 1. The first-order chi connectivity index (χ1) is 13.2. The molecule has 0 bridgehead atoms. The maximum atomic E-state index is 12.7. The van der Waals surface area contributed by atoms with E-state index in [0.717, 1.165) is 30.6 Å². The number of anilines is 1. The normalized spacial score (nSPS) is 19.9. The van der Waals surface area contributed by atoms with E-state index >= 15 is 0 Å². The van der Waals surface area contributed by atoms with Crippen LogP contribution in [0.5, 0.6) is 0 Å². The van der Waals surface area contributed by atoms with Crippen LogP contribution >= 0.6 is 11.3 Å². The number of aryl methyl sites for hydroxylation is 1. The Bertz CT molecular complexity index is 903. The van der Waals surface area contributed by atoms with Gasteiger partial charge in [-0.15, -0.1) is 11.3 Å². The number of para-hydroxylation sites is 2. The Morgan fingerprint density at radius 1 is 1.19 bits per heavy atom. The van der Waals surface area contributed by atoms with E-state index in [0.29, 0.717) is 12.6 Å². The monoisotopic (exact) mass is 380 g/mol. The Morgan fingerprint density at radius 2 is 2.00 bits per heavy atom. The summed E-state index contributed by atoms with van der Waals surface area (Å²) in [6, 6.07) is 16.7. The fourth-order valence-corrected chi connectivity index (χ4v) is 5.14. The van der Waals surface area contributed by atoms with Crippen molar-refractivity contribution in [1.82, 2.24) is 4.98 Å². The molecule has 27 heavy (non-hydrogen) atoms. The van der Waals surface area contributed by atoms with Crippen LogP contribution in [0.15, 0.2) is 48.5 Å². The predicted molar refractivity (Wildman–Crippen MR) is 111 cm³/mol. The maximum Gasteiger partial charge on any atom is 0.279 e. The summed E-state index contributed by atoms with van der Waals surface area (Å²) < 4.78 is 1.23. The molecule has 5 heteroatoms. The standard InChI is InChI=1S/C22H25N3OS/c1-2-16-9-3-4-10-17(16)23-21(26)15-25-14-8-7-12-19(25)22-24-18-11-5-6-13-20(18)27-22/h3-6,9-11,13,19H,2,7-8,12,14-15H2,1H3,(H,23,26)/p+1/t19-/m1/s1. The molecule has 0 spiro atoms. The number of quaternary nitrogens is 1. The second kappa shape index (κ2) is 8.19. The van der Waals surface area contributed by atoms with E-state index in [4.69, 9.17) is 4.98 Å². The molecule has 140 valence electrons. The third-order valence-electron chi connectivity index (χ3n) is 5.40. The van der Waals surface area contributed by atoms with Crippen molar-refractivity contribution in [3.8, 4) is 0 Å². The highest BCUT2D eigenvalue weighted by Crippen LogP contribution is 2.28. The molecule has 0 radical (unpaired) electrons. The first kappa shape index (κ1) is 18.1. The van der Waals surface area contributed by atoms with Crippen LogP contribution in [-0.2, 0) is 11.2 Å². The zero-order valence-electron chi connectivity index (χ0n) is 15.7. The molecule has 0 aliphatic carbocycles. The van der Waals surface area contributed by atoms with Crippen molar-refractivity contribution in [1.29, 1.82) is 0 Å². The molecule has 2 heterocycles. The van der Waals surface area contributed by atoms with Gasteiger partial charge in [0.2, 0.25) is 0 Å². The molecular formula is C22H26N3OS+. The molecule has 4 rings (SSSR count). The average Bonchev–Trinajstić information content (AvgIpc) is 3.13. The second-order valence-corrected chi connectivity index (χ2v) is 8.27. The Morgan fingerprint density at radius 3 is 2.85 bits per heavy atom. The van der Waals surface area contributed by atoms with E-state index in [1.807, 2.05) is 24.3 Å². The van der Waals surface area contributed by atoms with Crippen molar-refractivity contribution in [2.75, 3.05) is 18.4 Å². The molecule has 2 N–H and O–H groups in total. The number of hydrogen-bond acceptors (Lipinski definition) is 3. The summed E-state index contributed by atoms with van der Waals surface area (Å²) in [6.45, 7) is 3.64. The quantitative estimate of drug-likeness (QED) is 0.710. The minimum absolute atomic E-state index is 0.0962. The molecule has 2 aromatic carbocycles. The summed E-state index contributed by atoms with van der Waals surface area (Å²) in [5.74, 6) is 0.0962. The molecule has 1 saturated heterocycles. The van der Waals surface area contributed by atoms with Crippen LogP contribution in [-0.4, -0.2) is 24.0 Å². The van der Waals surface area contributed by atoms with Gasteiger partial charge in [0.25, 0.3) is 5.91 Å². The Hall–Kier alpha value is -2.24. The lowest BCUT2D eigenvalue weighted by atomic mass is 10.0. The van der Waals surface area contributed by atoms with Crippen LogP contribution in [0.2, 0.25) is 0 Å². The minimum atomic E-state index is 0.0962. The summed E-state index contributed by atoms with van der Waals surface area (Å²) in [6.07, 6.45) is 4.41. The van der Waals surface area contributed by atoms with Crippen molar-refractivity contribution < 1.29 is 9.69 Å². The van der Waals surface area contributed by atoms with Crippen molar-refractivity contribution in [2.45, 2.75) is 38.6 Å². The number of benzene rings is 2. The summed E-state index contributed by atoms with van der Waals surface area (Å²) in [7, 11) is 0. The summed E-state index contributed by atoms with van der Waals surface area (Å²) in [5, 5.41) is 4.30. The molecule has 1 amide bonds. The number of nitrogens with one attached hydrogen (secondary N) is 2. The fourth-order valence-electron chi connectivity index (χ4n) is 3.98. The highest BCUT2D eigenvalue weighted by molar-refractivity contribution is 7.18. The summed E-state index contributed by atoms with van der Waals surface area (Å²) >= 11 is 1.78. The molecule has 4 nitrogen and oxygen atoms in total. The second-order valence-electron chi connectivity index (χ2n) is 7.21. The first-order valence-corrected chi connectivity index (χ1v) is 10.6. The van der Waals surface area contributed by atoms with Gasteiger partial charge in [-0.25, -0.2) is 4.98 Å². The van der Waals surface area contributed by atoms with Gasteiger partial charge < -0.3 is 10.2 Å². The van der Waals surface area contributed by atoms with Crippen LogP contribution in [0.3, 0.4) is 0 Å². The van der Waals surface area contributed by atoms with E-state index in [1.165, 1.54) is 33.0 Å². The zero-order chi connectivity index (χ0) is 18.6. The molecular weight excluding hydrogens is 354 g/mol. The number of likely N-dealkylation sites (tertiary alicyclic amines) is 1. The summed E-state index contributed by atoms with van der Waals surface area (Å²) in [5.41, 5.74) is 3.20. The van der Waals surface area contributed by atoms with E-state index in [1.54, 1.807) is 11.3 Å². The Kier molecular flexibility index (Phi) is 5.50. The summed E-state index contributed by atoms with van der Waals surface area (Å²) in [4.78, 5) is 19.0. The van der Waals surface area contributed by atoms with E-state index in [-0.39, 0.29) is 5.91 Å². The molecule has 3 aromatic rings. The molecule has 1 unspecified atom stereocenters. The van der Waals surface area contributed by atoms with Crippen LogP contribution in [0.1, 0.15) is 42.8 Å². The number of carbonyl (C=O) groups excluding carboxylic acids is 1. The van der Waals surface area contributed by atoms with Gasteiger partial charge >= 0.3 is 0 Å². The van der Waals surface area contributed by atoms with Crippen LogP contribution < -0.4 is 10.2 Å². The van der Waals surface area contributed by atoms with Crippen molar-refractivity contribution in [3.63, 3.8) is 0 Å². The lowest BCUT2D eigenvalue weighted by molar-refractivity contribution is -0.929. The molecule has 0 saturated carbocycles. The lowest BCUT2D eigenvalue weighted by Crippen LogP contribution is -3.14. The van der Waals surface area contributed by atoms with Gasteiger partial charge in [0.05, 0.1) is 16.8 Å². The van der Waals surface area contributed by atoms with Gasteiger partial charge in [-0.1, -0.05) is 37.3 Å². The predicted octanol–water partition coefficient (Wildman–Crippen LogP) is 3.61. The van der Waals surface area contributed by atoms with Crippen molar-refractivity contribution in [3.05, 3.63) is 59.1 Å². The smallest absolute Gasteiger partial charge is 0.279 e. The number of amides is 1. The third kappa shape index (κ3) is 4.04. The van der Waals surface area contributed by atoms with Gasteiger partial charge in [0.15, 0.2) is 11.6 Å². The van der Waals surface area contributed by atoms with Crippen LogP contribution in [0, 0.1) is 0 Å². The number of aromatic nitrogens is 1. The van der Waals surface area contributed by atoms with Gasteiger partial charge in [-0.05, 0) is 43.0 Å². The van der Waals surface area contributed by atoms with Crippen molar-refractivity contribution in [2.24, 2.45) is 0 Å². The lowest BCUT2D eigenvalue weighted by Gasteiger charge is -2.30. The Labute approximate surface area is 164 Å². The average molecular weight is 381 g/mol. The highest BCUT2D eigenvalue weighted by Gasteiger charge is 2.32. The molecule has 1 aliphatic heterocycles. The number of carbonyl (C=O) groups is 1. The van der Waals surface area contributed by atoms with E-state index in [9.17, 15) is 4.79 Å².